The molecular weight excluding hydrogens is 226 g/mol. The molecule has 4 nitrogen and oxygen atoms in total. The van der Waals surface area contributed by atoms with E-state index in [-0.39, 0.29) is 5.91 Å². The number of rotatable bonds is 2. The van der Waals surface area contributed by atoms with Gasteiger partial charge in [0.1, 0.15) is 5.69 Å². The number of aromatic nitrogens is 2. The molecule has 0 fully saturated rings. The number of fused-ring (bicyclic) bond motifs is 1. The molecule has 1 aliphatic rings. The van der Waals surface area contributed by atoms with E-state index >= 15 is 0 Å². The van der Waals surface area contributed by atoms with Gasteiger partial charge in [-0.15, -0.1) is 0 Å². The first-order valence-electron chi connectivity index (χ1n) is 6.12. The normalized spacial score (nSPS) is 14.7. The summed E-state index contributed by atoms with van der Waals surface area (Å²) in [6, 6.07) is 11.9. The molecule has 18 heavy (non-hydrogen) atoms. The highest BCUT2D eigenvalue weighted by molar-refractivity contribution is 5.93. The Hall–Kier alpha value is -2.10. The van der Waals surface area contributed by atoms with Gasteiger partial charge in [-0.1, -0.05) is 30.3 Å². The first-order valence-corrected chi connectivity index (χ1v) is 6.12. The van der Waals surface area contributed by atoms with Crippen molar-refractivity contribution in [3.05, 3.63) is 53.3 Å². The highest BCUT2D eigenvalue weighted by Gasteiger charge is 2.25. The minimum atomic E-state index is 0.0747. The van der Waals surface area contributed by atoms with Crippen LogP contribution in [0.25, 0.3) is 0 Å². The lowest BCUT2D eigenvalue weighted by molar-refractivity contribution is 0.0683. The molecule has 1 amide bonds. The molecule has 2 aromatic rings. The average Bonchev–Trinajstić information content (AvgIpc) is 2.76. The van der Waals surface area contributed by atoms with Crippen LogP contribution in [0.1, 0.15) is 21.7 Å². The van der Waals surface area contributed by atoms with E-state index in [1.54, 1.807) is 4.68 Å². The molecule has 1 aromatic heterocycles. The van der Waals surface area contributed by atoms with Gasteiger partial charge in [0.15, 0.2) is 0 Å². The van der Waals surface area contributed by atoms with E-state index < -0.39 is 0 Å². The van der Waals surface area contributed by atoms with Crippen molar-refractivity contribution in [2.45, 2.75) is 20.0 Å². The third kappa shape index (κ3) is 1.90. The molecule has 0 saturated heterocycles. The Bertz CT molecular complexity index is 574. The van der Waals surface area contributed by atoms with E-state index in [1.165, 1.54) is 0 Å². The first kappa shape index (κ1) is 11.0. The van der Waals surface area contributed by atoms with Gasteiger partial charge < -0.3 is 4.90 Å². The van der Waals surface area contributed by atoms with Crippen LogP contribution in [0.4, 0.5) is 0 Å². The van der Waals surface area contributed by atoms with Crippen molar-refractivity contribution >= 4 is 5.91 Å². The van der Waals surface area contributed by atoms with E-state index in [9.17, 15) is 4.79 Å². The van der Waals surface area contributed by atoms with Crippen LogP contribution in [0.15, 0.2) is 36.4 Å². The first-order chi connectivity index (χ1) is 8.74. The maximum atomic E-state index is 12.3. The summed E-state index contributed by atoms with van der Waals surface area (Å²) in [5.74, 6) is 0.0747. The lowest BCUT2D eigenvalue weighted by Gasteiger charge is -2.27. The minimum Gasteiger partial charge on any atom is -0.331 e. The van der Waals surface area contributed by atoms with Gasteiger partial charge >= 0.3 is 0 Å². The van der Waals surface area contributed by atoms with Crippen LogP contribution >= 0.6 is 0 Å². The number of hydrogen-bond donors (Lipinski definition) is 0. The number of aryl methyl sites for hydroxylation is 1. The molecule has 4 heteroatoms. The molecule has 0 atom stereocenters. The van der Waals surface area contributed by atoms with E-state index in [0.717, 1.165) is 24.3 Å². The van der Waals surface area contributed by atoms with Crippen molar-refractivity contribution in [2.75, 3.05) is 6.54 Å². The summed E-state index contributed by atoms with van der Waals surface area (Å²) >= 11 is 0. The minimum absolute atomic E-state index is 0.0747. The van der Waals surface area contributed by atoms with E-state index in [0.29, 0.717) is 12.2 Å². The Kier molecular flexibility index (Phi) is 2.63. The topological polar surface area (TPSA) is 38.1 Å². The third-order valence-electron chi connectivity index (χ3n) is 3.21. The van der Waals surface area contributed by atoms with Gasteiger partial charge in [-0.3, -0.25) is 9.48 Å². The van der Waals surface area contributed by atoms with Crippen molar-refractivity contribution in [3.63, 3.8) is 0 Å². The fraction of sp³-hybridized carbons (Fsp3) is 0.286. The van der Waals surface area contributed by atoms with Crippen molar-refractivity contribution in [2.24, 2.45) is 0 Å². The zero-order valence-corrected chi connectivity index (χ0v) is 10.3. The number of benzene rings is 1. The molecule has 0 spiro atoms. The maximum Gasteiger partial charge on any atom is 0.272 e. The van der Waals surface area contributed by atoms with Crippen molar-refractivity contribution < 1.29 is 4.79 Å². The second kappa shape index (κ2) is 4.29. The highest BCUT2D eigenvalue weighted by Crippen LogP contribution is 2.15. The molecule has 92 valence electrons. The van der Waals surface area contributed by atoms with Crippen LogP contribution in [0.2, 0.25) is 0 Å². The summed E-state index contributed by atoms with van der Waals surface area (Å²) in [4.78, 5) is 14.2. The fourth-order valence-electron chi connectivity index (χ4n) is 2.32. The quantitative estimate of drug-likeness (QED) is 0.804. The van der Waals surface area contributed by atoms with Crippen LogP contribution in [-0.2, 0) is 13.1 Å². The molecule has 1 aromatic carbocycles. The predicted molar refractivity (Wildman–Crippen MR) is 68.1 cm³/mol. The molecule has 0 unspecified atom stereocenters. The summed E-state index contributed by atoms with van der Waals surface area (Å²) in [6.45, 7) is 4.09. The largest absolute Gasteiger partial charge is 0.331 e. The molecule has 3 rings (SSSR count). The summed E-state index contributed by atoms with van der Waals surface area (Å²) in [5, 5.41) is 4.31. The van der Waals surface area contributed by atoms with Crippen molar-refractivity contribution in [1.82, 2.24) is 14.7 Å². The monoisotopic (exact) mass is 241 g/mol. The average molecular weight is 241 g/mol. The Labute approximate surface area is 106 Å². The summed E-state index contributed by atoms with van der Waals surface area (Å²) in [5.41, 5.74) is 2.77. The number of amides is 1. The van der Waals surface area contributed by atoms with Gasteiger partial charge in [-0.2, -0.15) is 5.10 Å². The second-order valence-corrected chi connectivity index (χ2v) is 4.61. The number of hydrogen-bond acceptors (Lipinski definition) is 2. The fourth-order valence-corrected chi connectivity index (χ4v) is 2.32. The SMILES string of the molecule is Cc1cc2n(n1)CCN(Cc1ccccc1)C2=O. The Morgan fingerprint density at radius 1 is 1.22 bits per heavy atom. The van der Waals surface area contributed by atoms with Gasteiger partial charge in [0.25, 0.3) is 5.91 Å². The third-order valence-corrected chi connectivity index (χ3v) is 3.21. The van der Waals surface area contributed by atoms with Gasteiger partial charge in [-0.25, -0.2) is 0 Å². The van der Waals surface area contributed by atoms with Crippen LogP contribution in [0.5, 0.6) is 0 Å². The Morgan fingerprint density at radius 3 is 2.78 bits per heavy atom. The van der Waals surface area contributed by atoms with Gasteiger partial charge in [0.2, 0.25) is 0 Å². The van der Waals surface area contributed by atoms with Crippen molar-refractivity contribution in [3.8, 4) is 0 Å². The van der Waals surface area contributed by atoms with E-state index in [2.05, 4.69) is 5.10 Å². The summed E-state index contributed by atoms with van der Waals surface area (Å²) < 4.78 is 1.80. The maximum absolute atomic E-state index is 12.3. The van der Waals surface area contributed by atoms with Crippen LogP contribution < -0.4 is 0 Å². The number of carbonyl (C=O) groups is 1. The molecule has 0 saturated carbocycles. The second-order valence-electron chi connectivity index (χ2n) is 4.61. The standard InChI is InChI=1S/C14H15N3O/c1-11-9-13-14(18)16(7-8-17(13)15-11)10-12-5-3-2-4-6-12/h2-6,9H,7-8,10H2,1H3. The predicted octanol–water partition coefficient (Wildman–Crippen LogP) is 1.85. The van der Waals surface area contributed by atoms with Crippen LogP contribution in [0, 0.1) is 6.92 Å². The lowest BCUT2D eigenvalue weighted by Crippen LogP contribution is -2.39. The summed E-state index contributed by atoms with van der Waals surface area (Å²) in [6.07, 6.45) is 0. The Balaban J connectivity index is 1.82. The zero-order valence-electron chi connectivity index (χ0n) is 10.3. The molecule has 0 bridgehead atoms. The smallest absolute Gasteiger partial charge is 0.272 e. The Morgan fingerprint density at radius 2 is 2.00 bits per heavy atom. The zero-order chi connectivity index (χ0) is 12.5. The molecular formula is C14H15N3O. The van der Waals surface area contributed by atoms with Crippen LogP contribution in [0.3, 0.4) is 0 Å². The van der Waals surface area contributed by atoms with E-state index in [1.807, 2.05) is 48.2 Å². The van der Waals surface area contributed by atoms with Crippen molar-refractivity contribution in [1.29, 1.82) is 0 Å². The van der Waals surface area contributed by atoms with Gasteiger partial charge in [0.05, 0.1) is 12.2 Å². The van der Waals surface area contributed by atoms with Gasteiger partial charge in [0, 0.05) is 13.1 Å². The number of carbonyl (C=O) groups excluding carboxylic acids is 1. The van der Waals surface area contributed by atoms with Gasteiger partial charge in [-0.05, 0) is 18.6 Å². The molecule has 0 radical (unpaired) electrons. The highest BCUT2D eigenvalue weighted by atomic mass is 16.2. The lowest BCUT2D eigenvalue weighted by atomic mass is 10.2. The molecule has 0 aliphatic carbocycles. The molecule has 0 N–H and O–H groups in total. The van der Waals surface area contributed by atoms with E-state index in [4.69, 9.17) is 0 Å². The number of nitrogens with zero attached hydrogens (tertiary/aromatic N) is 3. The summed E-state index contributed by atoms with van der Waals surface area (Å²) in [7, 11) is 0. The molecule has 2 heterocycles. The molecule has 1 aliphatic heterocycles. The van der Waals surface area contributed by atoms with Crippen LogP contribution in [-0.4, -0.2) is 27.1 Å².